The average Bonchev–Trinajstić information content (AvgIpc) is 3.00. The number of hydrogen-bond acceptors (Lipinski definition) is 3. The fraction of sp³-hybridized carbons (Fsp3) is 0.615. The highest BCUT2D eigenvalue weighted by atomic mass is 16.5. The fourth-order valence-electron chi connectivity index (χ4n) is 1.60. The van der Waals surface area contributed by atoms with Gasteiger partial charge in [0.1, 0.15) is 11.6 Å². The van der Waals surface area contributed by atoms with E-state index >= 15 is 0 Å². The molecule has 0 unspecified atom stereocenters. The molecule has 1 aliphatic rings. The van der Waals surface area contributed by atoms with Crippen molar-refractivity contribution in [2.75, 3.05) is 12.4 Å². The van der Waals surface area contributed by atoms with Gasteiger partial charge in [0.25, 0.3) is 0 Å². The second-order valence-electron chi connectivity index (χ2n) is 5.38. The van der Waals surface area contributed by atoms with Crippen LogP contribution in [0, 0.1) is 0 Å². The second-order valence-corrected chi connectivity index (χ2v) is 5.38. The Balaban J connectivity index is 2.33. The van der Waals surface area contributed by atoms with E-state index in [9.17, 15) is 0 Å². The van der Waals surface area contributed by atoms with Gasteiger partial charge in [0, 0.05) is 24.9 Å². The van der Waals surface area contributed by atoms with Gasteiger partial charge in [-0.1, -0.05) is 20.8 Å². The van der Waals surface area contributed by atoms with E-state index in [-0.39, 0.29) is 5.41 Å². The Morgan fingerprint density at radius 1 is 1.38 bits per heavy atom. The van der Waals surface area contributed by atoms with Crippen molar-refractivity contribution in [3.8, 4) is 5.75 Å². The van der Waals surface area contributed by atoms with Crippen LogP contribution in [0.5, 0.6) is 5.75 Å². The molecule has 88 valence electrons. The third-order valence-electron chi connectivity index (χ3n) is 2.75. The van der Waals surface area contributed by atoms with Crippen LogP contribution < -0.4 is 10.1 Å². The molecule has 1 aromatic rings. The first kappa shape index (κ1) is 11.2. The summed E-state index contributed by atoms with van der Waals surface area (Å²) in [5, 5.41) is 3.05. The molecule has 0 bridgehead atoms. The predicted molar refractivity (Wildman–Crippen MR) is 66.1 cm³/mol. The Labute approximate surface area is 97.2 Å². The molecule has 0 spiro atoms. The molecule has 1 heterocycles. The first-order valence-electron chi connectivity index (χ1n) is 5.85. The van der Waals surface area contributed by atoms with Crippen molar-refractivity contribution in [3.63, 3.8) is 0 Å². The minimum Gasteiger partial charge on any atom is -0.490 e. The lowest BCUT2D eigenvalue weighted by Crippen LogP contribution is -2.15. The summed E-state index contributed by atoms with van der Waals surface area (Å²) in [7, 11) is 1.87. The maximum atomic E-state index is 5.95. The SMILES string of the molecule is CNc1cc(OC2CC2)c(C(C)(C)C)cn1. The lowest BCUT2D eigenvalue weighted by molar-refractivity contribution is 0.294. The Hall–Kier alpha value is -1.25. The zero-order valence-corrected chi connectivity index (χ0v) is 10.5. The summed E-state index contributed by atoms with van der Waals surface area (Å²) in [6, 6.07) is 2.00. The monoisotopic (exact) mass is 220 g/mol. The van der Waals surface area contributed by atoms with Crippen molar-refractivity contribution in [1.82, 2.24) is 4.98 Å². The zero-order valence-electron chi connectivity index (χ0n) is 10.5. The summed E-state index contributed by atoms with van der Waals surface area (Å²) in [6.07, 6.45) is 4.71. The molecular formula is C13H20N2O. The lowest BCUT2D eigenvalue weighted by Gasteiger charge is -2.22. The molecule has 3 heteroatoms. The van der Waals surface area contributed by atoms with E-state index in [0.29, 0.717) is 6.10 Å². The van der Waals surface area contributed by atoms with Crippen LogP contribution in [0.3, 0.4) is 0 Å². The highest BCUT2D eigenvalue weighted by Crippen LogP contribution is 2.36. The van der Waals surface area contributed by atoms with Crippen LogP contribution in [0.25, 0.3) is 0 Å². The summed E-state index contributed by atoms with van der Waals surface area (Å²) in [5.74, 6) is 1.85. The molecular weight excluding hydrogens is 200 g/mol. The first-order valence-corrected chi connectivity index (χ1v) is 5.85. The van der Waals surface area contributed by atoms with Crippen molar-refractivity contribution in [2.45, 2.75) is 45.1 Å². The van der Waals surface area contributed by atoms with Crippen molar-refractivity contribution >= 4 is 5.82 Å². The highest BCUT2D eigenvalue weighted by molar-refractivity contribution is 5.47. The van der Waals surface area contributed by atoms with Crippen LogP contribution in [0.15, 0.2) is 12.3 Å². The lowest BCUT2D eigenvalue weighted by atomic mass is 9.87. The molecule has 0 saturated heterocycles. The smallest absolute Gasteiger partial charge is 0.129 e. The van der Waals surface area contributed by atoms with E-state index in [1.165, 1.54) is 18.4 Å². The number of aromatic nitrogens is 1. The zero-order chi connectivity index (χ0) is 11.8. The molecule has 2 rings (SSSR count). The van der Waals surface area contributed by atoms with Crippen LogP contribution in [0.1, 0.15) is 39.2 Å². The largest absolute Gasteiger partial charge is 0.490 e. The van der Waals surface area contributed by atoms with Crippen molar-refractivity contribution in [1.29, 1.82) is 0 Å². The number of hydrogen-bond donors (Lipinski definition) is 1. The summed E-state index contributed by atoms with van der Waals surface area (Å²) in [4.78, 5) is 4.36. The van der Waals surface area contributed by atoms with Gasteiger partial charge < -0.3 is 10.1 Å². The molecule has 0 atom stereocenters. The van der Waals surface area contributed by atoms with E-state index in [0.717, 1.165) is 11.6 Å². The average molecular weight is 220 g/mol. The van der Waals surface area contributed by atoms with Gasteiger partial charge in [-0.25, -0.2) is 4.98 Å². The molecule has 0 radical (unpaired) electrons. The molecule has 1 aliphatic carbocycles. The van der Waals surface area contributed by atoms with Gasteiger partial charge in [0.2, 0.25) is 0 Å². The molecule has 1 saturated carbocycles. The molecule has 1 N–H and O–H groups in total. The third-order valence-corrected chi connectivity index (χ3v) is 2.75. The summed E-state index contributed by atoms with van der Waals surface area (Å²) in [5.41, 5.74) is 1.25. The summed E-state index contributed by atoms with van der Waals surface area (Å²) < 4.78 is 5.95. The predicted octanol–water partition coefficient (Wildman–Crippen LogP) is 2.96. The van der Waals surface area contributed by atoms with Crippen molar-refractivity contribution < 1.29 is 4.74 Å². The number of anilines is 1. The molecule has 0 amide bonds. The number of rotatable bonds is 3. The molecule has 1 fully saturated rings. The van der Waals surface area contributed by atoms with Crippen LogP contribution >= 0.6 is 0 Å². The Morgan fingerprint density at radius 3 is 2.56 bits per heavy atom. The Morgan fingerprint density at radius 2 is 2.06 bits per heavy atom. The van der Waals surface area contributed by atoms with Crippen LogP contribution in [0.2, 0.25) is 0 Å². The molecule has 3 nitrogen and oxygen atoms in total. The van der Waals surface area contributed by atoms with Gasteiger partial charge >= 0.3 is 0 Å². The van der Waals surface area contributed by atoms with E-state index in [1.54, 1.807) is 0 Å². The molecule has 0 aromatic carbocycles. The summed E-state index contributed by atoms with van der Waals surface area (Å²) in [6.45, 7) is 6.55. The summed E-state index contributed by atoms with van der Waals surface area (Å²) >= 11 is 0. The first-order chi connectivity index (χ1) is 7.50. The topological polar surface area (TPSA) is 34.1 Å². The number of nitrogens with zero attached hydrogens (tertiary/aromatic N) is 1. The van der Waals surface area contributed by atoms with E-state index in [4.69, 9.17) is 4.74 Å². The highest BCUT2D eigenvalue weighted by Gasteiger charge is 2.27. The van der Waals surface area contributed by atoms with Crippen molar-refractivity contribution in [3.05, 3.63) is 17.8 Å². The Bertz CT molecular complexity index is 378. The molecule has 16 heavy (non-hydrogen) atoms. The van der Waals surface area contributed by atoms with Gasteiger partial charge in [-0.2, -0.15) is 0 Å². The van der Waals surface area contributed by atoms with Gasteiger partial charge in [0.05, 0.1) is 6.10 Å². The normalized spacial score (nSPS) is 16.0. The third kappa shape index (κ3) is 2.46. The maximum Gasteiger partial charge on any atom is 0.129 e. The van der Waals surface area contributed by atoms with E-state index in [1.807, 2.05) is 19.3 Å². The van der Waals surface area contributed by atoms with Crippen LogP contribution in [0.4, 0.5) is 5.82 Å². The second kappa shape index (κ2) is 3.96. The van der Waals surface area contributed by atoms with Gasteiger partial charge in [-0.15, -0.1) is 0 Å². The van der Waals surface area contributed by atoms with E-state index < -0.39 is 0 Å². The molecule has 0 aliphatic heterocycles. The molecule has 1 aromatic heterocycles. The van der Waals surface area contributed by atoms with E-state index in [2.05, 4.69) is 31.1 Å². The van der Waals surface area contributed by atoms with Gasteiger partial charge in [0.15, 0.2) is 0 Å². The number of ether oxygens (including phenoxy) is 1. The minimum absolute atomic E-state index is 0.0729. The minimum atomic E-state index is 0.0729. The van der Waals surface area contributed by atoms with Gasteiger partial charge in [-0.05, 0) is 18.3 Å². The Kier molecular flexibility index (Phi) is 2.78. The maximum absolute atomic E-state index is 5.95. The van der Waals surface area contributed by atoms with Crippen molar-refractivity contribution in [2.24, 2.45) is 0 Å². The fourth-order valence-corrected chi connectivity index (χ4v) is 1.60. The standard InChI is InChI=1S/C13H20N2O/c1-13(2,3)10-8-15-12(14-4)7-11(10)16-9-5-6-9/h7-9H,5-6H2,1-4H3,(H,14,15). The van der Waals surface area contributed by atoms with Crippen LogP contribution in [-0.4, -0.2) is 18.1 Å². The number of nitrogens with one attached hydrogen (secondary N) is 1. The van der Waals surface area contributed by atoms with Gasteiger partial charge in [-0.3, -0.25) is 0 Å². The quantitative estimate of drug-likeness (QED) is 0.850. The van der Waals surface area contributed by atoms with Crippen LogP contribution in [-0.2, 0) is 5.41 Å². The number of pyridine rings is 1.